The monoisotopic (exact) mass is 248 g/mol. The maximum Gasteiger partial charge on any atom is 0.171 e. The van der Waals surface area contributed by atoms with Gasteiger partial charge in [0.05, 0.1) is 6.61 Å². The van der Waals surface area contributed by atoms with Crippen molar-refractivity contribution in [2.75, 3.05) is 18.5 Å². The lowest BCUT2D eigenvalue weighted by Gasteiger charge is -2.09. The number of rotatable bonds is 5. The predicted molar refractivity (Wildman–Crippen MR) is 77.0 cm³/mol. The molecule has 0 aliphatic heterocycles. The number of anilines is 1. The summed E-state index contributed by atoms with van der Waals surface area (Å²) >= 11 is 5.10. The van der Waals surface area contributed by atoms with Crippen LogP contribution in [-0.2, 0) is 0 Å². The second kappa shape index (κ2) is 7.60. The highest BCUT2D eigenvalue weighted by molar-refractivity contribution is 7.80. The van der Waals surface area contributed by atoms with Crippen LogP contribution in [0.15, 0.2) is 43.0 Å². The fourth-order valence-corrected chi connectivity index (χ4v) is 1.45. The summed E-state index contributed by atoms with van der Waals surface area (Å²) in [4.78, 5) is 0. The Morgan fingerprint density at radius 2 is 2.29 bits per heavy atom. The molecule has 3 nitrogen and oxygen atoms in total. The fourth-order valence-electron chi connectivity index (χ4n) is 1.25. The first-order chi connectivity index (χ1) is 8.26. The molecule has 1 aromatic carbocycles. The second-order valence-corrected chi connectivity index (χ2v) is 3.74. The first kappa shape index (κ1) is 13.4. The van der Waals surface area contributed by atoms with E-state index in [-0.39, 0.29) is 6.61 Å². The minimum atomic E-state index is 0.0386. The van der Waals surface area contributed by atoms with Gasteiger partial charge < -0.3 is 15.7 Å². The van der Waals surface area contributed by atoms with Crippen LogP contribution in [0.3, 0.4) is 0 Å². The standard InChI is InChI=1S/C13H16N2OS/c1-2-8-14-13(17)15-12-7-3-5-11(10-12)6-4-9-16/h2-7,10,16H,1,8-9H2,(H2,14,15,17). The molecule has 0 aromatic heterocycles. The molecular weight excluding hydrogens is 232 g/mol. The average Bonchev–Trinajstić information content (AvgIpc) is 2.34. The summed E-state index contributed by atoms with van der Waals surface area (Å²) in [5, 5.41) is 15.3. The van der Waals surface area contributed by atoms with Gasteiger partial charge in [-0.25, -0.2) is 0 Å². The second-order valence-electron chi connectivity index (χ2n) is 3.33. The van der Waals surface area contributed by atoms with Crippen LogP contribution >= 0.6 is 12.2 Å². The third-order valence-corrected chi connectivity index (χ3v) is 2.21. The molecule has 0 saturated heterocycles. The number of aliphatic hydroxyl groups is 1. The summed E-state index contributed by atoms with van der Waals surface area (Å²) in [6.07, 6.45) is 5.28. The van der Waals surface area contributed by atoms with E-state index >= 15 is 0 Å². The van der Waals surface area contributed by atoms with Crippen molar-refractivity contribution in [3.8, 4) is 0 Å². The third-order valence-electron chi connectivity index (χ3n) is 1.97. The Bertz CT molecular complexity index is 416. The number of hydrogen-bond donors (Lipinski definition) is 3. The van der Waals surface area contributed by atoms with Gasteiger partial charge in [-0.1, -0.05) is 30.4 Å². The van der Waals surface area contributed by atoms with E-state index < -0.39 is 0 Å². The van der Waals surface area contributed by atoms with Crippen molar-refractivity contribution in [2.24, 2.45) is 0 Å². The SMILES string of the molecule is C=CCNC(=S)Nc1cccc(C=CCO)c1. The Balaban J connectivity index is 2.62. The molecule has 0 amide bonds. The highest BCUT2D eigenvalue weighted by atomic mass is 32.1. The molecule has 0 spiro atoms. The fraction of sp³-hybridized carbons (Fsp3) is 0.154. The van der Waals surface area contributed by atoms with Gasteiger partial charge in [-0.3, -0.25) is 0 Å². The molecule has 1 rings (SSSR count). The molecule has 0 bridgehead atoms. The summed E-state index contributed by atoms with van der Waals surface area (Å²) in [5.74, 6) is 0. The van der Waals surface area contributed by atoms with Gasteiger partial charge in [-0.05, 0) is 29.9 Å². The molecule has 0 aliphatic carbocycles. The lowest BCUT2D eigenvalue weighted by atomic mass is 10.2. The summed E-state index contributed by atoms with van der Waals surface area (Å²) in [6.45, 7) is 4.28. The molecule has 17 heavy (non-hydrogen) atoms. The van der Waals surface area contributed by atoms with Crippen molar-refractivity contribution in [1.29, 1.82) is 0 Å². The van der Waals surface area contributed by atoms with Gasteiger partial charge in [0, 0.05) is 12.2 Å². The van der Waals surface area contributed by atoms with Crippen molar-refractivity contribution < 1.29 is 5.11 Å². The highest BCUT2D eigenvalue weighted by Gasteiger charge is 1.96. The van der Waals surface area contributed by atoms with Crippen LogP contribution in [0.4, 0.5) is 5.69 Å². The molecule has 3 N–H and O–H groups in total. The lowest BCUT2D eigenvalue weighted by Crippen LogP contribution is -2.28. The molecule has 4 heteroatoms. The Labute approximate surface area is 107 Å². The van der Waals surface area contributed by atoms with Gasteiger partial charge in [-0.15, -0.1) is 6.58 Å². The van der Waals surface area contributed by atoms with Gasteiger partial charge in [0.25, 0.3) is 0 Å². The molecule has 0 saturated carbocycles. The van der Waals surface area contributed by atoms with Crippen LogP contribution in [-0.4, -0.2) is 23.4 Å². The van der Waals surface area contributed by atoms with Gasteiger partial charge in [-0.2, -0.15) is 0 Å². The summed E-state index contributed by atoms with van der Waals surface area (Å²) in [6, 6.07) is 7.76. The third kappa shape index (κ3) is 5.29. The maximum atomic E-state index is 8.70. The van der Waals surface area contributed by atoms with Crippen LogP contribution in [0.1, 0.15) is 5.56 Å². The van der Waals surface area contributed by atoms with E-state index in [1.807, 2.05) is 30.3 Å². The van der Waals surface area contributed by atoms with Crippen molar-refractivity contribution in [3.05, 3.63) is 48.6 Å². The molecule has 0 radical (unpaired) electrons. The Kier molecular flexibility index (Phi) is 5.99. The minimum Gasteiger partial charge on any atom is -0.392 e. The normalized spacial score (nSPS) is 10.2. The Hall–Kier alpha value is -1.65. The van der Waals surface area contributed by atoms with E-state index in [0.717, 1.165) is 11.3 Å². The Morgan fingerprint density at radius 3 is 3.00 bits per heavy atom. The summed E-state index contributed by atoms with van der Waals surface area (Å²) in [5.41, 5.74) is 1.92. The van der Waals surface area contributed by atoms with Gasteiger partial charge in [0.1, 0.15) is 0 Å². The Morgan fingerprint density at radius 1 is 1.47 bits per heavy atom. The van der Waals surface area contributed by atoms with Crippen LogP contribution in [0, 0.1) is 0 Å². The van der Waals surface area contributed by atoms with E-state index in [9.17, 15) is 0 Å². The van der Waals surface area contributed by atoms with Crippen molar-refractivity contribution >= 4 is 29.1 Å². The molecule has 0 fully saturated rings. The number of nitrogens with one attached hydrogen (secondary N) is 2. The predicted octanol–water partition coefficient (Wildman–Crippen LogP) is 2.16. The smallest absolute Gasteiger partial charge is 0.171 e. The van der Waals surface area contributed by atoms with Gasteiger partial charge in [0.15, 0.2) is 5.11 Å². The molecule has 0 heterocycles. The summed E-state index contributed by atoms with van der Waals surface area (Å²) in [7, 11) is 0. The quantitative estimate of drug-likeness (QED) is 0.552. The van der Waals surface area contributed by atoms with E-state index in [4.69, 9.17) is 17.3 Å². The number of thiocarbonyl (C=S) groups is 1. The topological polar surface area (TPSA) is 44.3 Å². The van der Waals surface area contributed by atoms with Crippen LogP contribution < -0.4 is 10.6 Å². The van der Waals surface area contributed by atoms with E-state index in [1.165, 1.54) is 0 Å². The first-order valence-electron chi connectivity index (χ1n) is 5.29. The number of aliphatic hydroxyl groups excluding tert-OH is 1. The number of hydrogen-bond acceptors (Lipinski definition) is 2. The van der Waals surface area contributed by atoms with Crippen LogP contribution in [0.5, 0.6) is 0 Å². The van der Waals surface area contributed by atoms with Crippen LogP contribution in [0.2, 0.25) is 0 Å². The van der Waals surface area contributed by atoms with Crippen molar-refractivity contribution in [3.63, 3.8) is 0 Å². The lowest BCUT2D eigenvalue weighted by molar-refractivity contribution is 0.343. The van der Waals surface area contributed by atoms with Gasteiger partial charge in [0.2, 0.25) is 0 Å². The van der Waals surface area contributed by atoms with Gasteiger partial charge >= 0.3 is 0 Å². The maximum absolute atomic E-state index is 8.70. The average molecular weight is 248 g/mol. The largest absolute Gasteiger partial charge is 0.392 e. The highest BCUT2D eigenvalue weighted by Crippen LogP contribution is 2.11. The molecule has 1 aromatic rings. The zero-order valence-corrected chi connectivity index (χ0v) is 10.3. The molecular formula is C13H16N2OS. The van der Waals surface area contributed by atoms with Crippen molar-refractivity contribution in [1.82, 2.24) is 5.32 Å². The molecule has 90 valence electrons. The van der Waals surface area contributed by atoms with Crippen LogP contribution in [0.25, 0.3) is 6.08 Å². The zero-order valence-electron chi connectivity index (χ0n) is 9.52. The molecule has 0 aliphatic rings. The molecule has 0 unspecified atom stereocenters. The molecule has 0 atom stereocenters. The first-order valence-corrected chi connectivity index (χ1v) is 5.70. The van der Waals surface area contributed by atoms with E-state index in [2.05, 4.69) is 17.2 Å². The summed E-state index contributed by atoms with van der Waals surface area (Å²) < 4.78 is 0. The van der Waals surface area contributed by atoms with E-state index in [0.29, 0.717) is 11.7 Å². The number of benzene rings is 1. The zero-order chi connectivity index (χ0) is 12.5. The van der Waals surface area contributed by atoms with Crippen molar-refractivity contribution in [2.45, 2.75) is 0 Å². The van der Waals surface area contributed by atoms with E-state index in [1.54, 1.807) is 12.2 Å². The minimum absolute atomic E-state index is 0.0386.